The molecule has 0 radical (unpaired) electrons. The first-order valence-corrected chi connectivity index (χ1v) is 33.4. The molecule has 94 heavy (non-hydrogen) atoms. The zero-order chi connectivity index (χ0) is 65.3. The molecule has 13 aromatic carbocycles. The minimum atomic E-state index is 0. The molecule has 13 aromatic rings. The molecule has 0 aliphatic rings. The zero-order valence-corrected chi connectivity index (χ0v) is 56.3. The average molecular weight is 1230 g/mol. The highest BCUT2D eigenvalue weighted by atomic mass is 14.2. The van der Waals surface area contributed by atoms with Gasteiger partial charge < -0.3 is 0 Å². The molecule has 0 aliphatic carbocycles. The molecule has 0 atom stereocenters. The van der Waals surface area contributed by atoms with Crippen LogP contribution in [0, 0.1) is 0 Å². The van der Waals surface area contributed by atoms with Crippen molar-refractivity contribution in [2.24, 2.45) is 0 Å². The van der Waals surface area contributed by atoms with E-state index in [1.54, 1.807) is 0 Å². The second-order valence-electron chi connectivity index (χ2n) is 25.4. The Morgan fingerprint density at radius 1 is 0.149 bits per heavy atom. The maximum Gasteiger partial charge on any atom is -0.0149 e. The Balaban J connectivity index is 0.000000153. The Morgan fingerprint density at radius 2 is 0.383 bits per heavy atom. The molecule has 0 aromatic heterocycles. The van der Waals surface area contributed by atoms with Crippen LogP contribution in [0.3, 0.4) is 0 Å². The Kier molecular flexibility index (Phi) is 26.4. The maximum absolute atomic E-state index is 2.34. The zero-order valence-electron chi connectivity index (χ0n) is 56.3. The first-order valence-electron chi connectivity index (χ1n) is 33.4. The van der Waals surface area contributed by atoms with Gasteiger partial charge in [0.2, 0.25) is 0 Å². The van der Waals surface area contributed by atoms with Crippen LogP contribution < -0.4 is 0 Å². The highest BCUT2D eigenvalue weighted by Crippen LogP contribution is 2.35. The molecular formula is C94H96. The van der Waals surface area contributed by atoms with Crippen molar-refractivity contribution < 1.29 is 0 Å². The van der Waals surface area contributed by atoms with Crippen LogP contribution in [0.25, 0.3) is 89.0 Å². The van der Waals surface area contributed by atoms with Gasteiger partial charge in [0.05, 0.1) is 0 Å². The SMILES string of the molecule is C.CC(C)c1cc(-c2ccccc2)ccc1-c1ccccc1.CC(C)c1ccc(-c2ccc(-c3ccccc3)cc2)cc1.CC(C)c1cccc(-c2ccc(-c3ccccc3)cc2)c1.CC(C)c1ccccc1.CC(C)c1ccccc1-c1ccc(-c2ccccc2)cc1. The minimum absolute atomic E-state index is 0. The Hall–Kier alpha value is -10.1. The van der Waals surface area contributed by atoms with Gasteiger partial charge in [-0.2, -0.15) is 0 Å². The largest absolute Gasteiger partial charge is 0.0776 e. The van der Waals surface area contributed by atoms with Gasteiger partial charge in [-0.1, -0.05) is 422 Å². The molecule has 0 saturated heterocycles. The van der Waals surface area contributed by atoms with E-state index in [-0.39, 0.29) is 7.43 Å². The molecule has 0 nitrogen and oxygen atoms in total. The Bertz CT molecular complexity index is 4240. The van der Waals surface area contributed by atoms with E-state index in [0.717, 1.165) is 0 Å². The molecule has 0 bridgehead atoms. The van der Waals surface area contributed by atoms with Gasteiger partial charge in [-0.25, -0.2) is 0 Å². The van der Waals surface area contributed by atoms with Gasteiger partial charge in [0.1, 0.15) is 0 Å². The quantitative estimate of drug-likeness (QED) is 0.108. The van der Waals surface area contributed by atoms with Crippen LogP contribution >= 0.6 is 0 Å². The van der Waals surface area contributed by atoms with Crippen molar-refractivity contribution in [2.45, 2.75) is 106 Å². The summed E-state index contributed by atoms with van der Waals surface area (Å²) in [5, 5.41) is 0. The topological polar surface area (TPSA) is 0 Å². The van der Waals surface area contributed by atoms with Gasteiger partial charge in [-0.05, 0) is 146 Å². The molecule has 0 fully saturated rings. The summed E-state index contributed by atoms with van der Waals surface area (Å²) in [4.78, 5) is 0. The molecule has 0 aliphatic heterocycles. The fraction of sp³-hybridized carbons (Fsp3) is 0.170. The molecule has 0 heterocycles. The molecule has 13 rings (SSSR count). The van der Waals surface area contributed by atoms with Gasteiger partial charge in [0, 0.05) is 0 Å². The summed E-state index contributed by atoms with van der Waals surface area (Å²) in [7, 11) is 0. The van der Waals surface area contributed by atoms with Crippen molar-refractivity contribution in [3.05, 3.63) is 374 Å². The van der Waals surface area contributed by atoms with E-state index in [1.807, 2.05) is 12.1 Å². The third kappa shape index (κ3) is 19.9. The summed E-state index contributed by atoms with van der Waals surface area (Å²) < 4.78 is 0. The molecule has 0 amide bonds. The van der Waals surface area contributed by atoms with Gasteiger partial charge in [0.25, 0.3) is 0 Å². The second-order valence-corrected chi connectivity index (χ2v) is 25.4. The maximum atomic E-state index is 2.34. The lowest BCUT2D eigenvalue weighted by Gasteiger charge is -2.15. The highest BCUT2D eigenvalue weighted by Gasteiger charge is 2.12. The summed E-state index contributed by atoms with van der Waals surface area (Å²) in [6.45, 7) is 22.3. The normalized spacial score (nSPS) is 10.6. The minimum Gasteiger partial charge on any atom is -0.0776 e. The second kappa shape index (κ2) is 35.6. The van der Waals surface area contributed by atoms with Gasteiger partial charge >= 0.3 is 0 Å². The van der Waals surface area contributed by atoms with Crippen LogP contribution in [0.2, 0.25) is 0 Å². The first-order chi connectivity index (χ1) is 45.3. The summed E-state index contributed by atoms with van der Waals surface area (Å²) in [6.07, 6.45) is 0. The van der Waals surface area contributed by atoms with Crippen molar-refractivity contribution in [3.63, 3.8) is 0 Å². The molecule has 472 valence electrons. The van der Waals surface area contributed by atoms with Crippen molar-refractivity contribution >= 4 is 0 Å². The summed E-state index contributed by atoms with van der Waals surface area (Å²) >= 11 is 0. The van der Waals surface area contributed by atoms with E-state index in [9.17, 15) is 0 Å². The molecule has 0 spiro atoms. The fourth-order valence-electron chi connectivity index (χ4n) is 11.4. The lowest BCUT2D eigenvalue weighted by atomic mass is 9.89. The highest BCUT2D eigenvalue weighted by molar-refractivity contribution is 5.76. The predicted octanol–water partition coefficient (Wildman–Crippen LogP) is 28.0. The van der Waals surface area contributed by atoms with Crippen molar-refractivity contribution in [1.29, 1.82) is 0 Å². The molecule has 0 heteroatoms. The molecule has 0 N–H and O–H groups in total. The van der Waals surface area contributed by atoms with Crippen LogP contribution in [-0.4, -0.2) is 0 Å². The van der Waals surface area contributed by atoms with Crippen molar-refractivity contribution in [1.82, 2.24) is 0 Å². The number of rotatable bonds is 13. The third-order valence-electron chi connectivity index (χ3n) is 17.0. The number of benzene rings is 13. The summed E-state index contributed by atoms with van der Waals surface area (Å²) in [6, 6.07) is 123. The molecule has 0 unspecified atom stereocenters. The number of hydrogen-bond acceptors (Lipinski definition) is 0. The van der Waals surface area contributed by atoms with E-state index >= 15 is 0 Å². The standard InChI is InChI=1S/4C21H20.C9H12.CH4/c1-16(2)21-15-19(17-9-5-3-6-10-17)13-14-20(21)18-11-7-4-8-12-18;1-16(2)20-10-6-7-11-21(20)19-14-12-18(13-15-19)17-8-4-3-5-9-17;1-16(2)20-9-6-10-21(15-20)19-13-11-18(12-14-19)17-7-4-3-5-8-17;1-16(2)17-8-10-20(11-9-17)21-14-12-19(13-15-21)18-6-4-3-5-7-18;1-8(2)9-6-4-3-5-7-9;/h4*3-16H,1-2H3;3-8H,1-2H3;1H4. The van der Waals surface area contributed by atoms with Gasteiger partial charge in [-0.15, -0.1) is 0 Å². The molecular weight excluding hydrogens is 1130 g/mol. The Morgan fingerprint density at radius 3 is 0.755 bits per heavy atom. The Labute approximate surface area is 565 Å². The van der Waals surface area contributed by atoms with E-state index in [4.69, 9.17) is 0 Å². The lowest BCUT2D eigenvalue weighted by Crippen LogP contribution is -1.93. The van der Waals surface area contributed by atoms with Gasteiger partial charge in [-0.3, -0.25) is 0 Å². The van der Waals surface area contributed by atoms with E-state index in [1.165, 1.54) is 117 Å². The monoisotopic (exact) mass is 1220 g/mol. The average Bonchev–Trinajstić information content (AvgIpc) is 0.857. The van der Waals surface area contributed by atoms with Crippen LogP contribution in [-0.2, 0) is 0 Å². The predicted molar refractivity (Wildman–Crippen MR) is 413 cm³/mol. The summed E-state index contributed by atoms with van der Waals surface area (Å²) in [5.74, 6) is 2.85. The van der Waals surface area contributed by atoms with Crippen LogP contribution in [0.1, 0.15) is 134 Å². The van der Waals surface area contributed by atoms with E-state index in [0.29, 0.717) is 29.6 Å². The summed E-state index contributed by atoms with van der Waals surface area (Å²) in [5.41, 5.74) is 27.5. The molecule has 0 saturated carbocycles. The van der Waals surface area contributed by atoms with Gasteiger partial charge in [0.15, 0.2) is 0 Å². The number of hydrogen-bond donors (Lipinski definition) is 0. The van der Waals surface area contributed by atoms with Crippen molar-refractivity contribution in [3.8, 4) is 89.0 Å². The van der Waals surface area contributed by atoms with Crippen LogP contribution in [0.5, 0.6) is 0 Å². The first kappa shape index (κ1) is 69.7. The van der Waals surface area contributed by atoms with E-state index < -0.39 is 0 Å². The van der Waals surface area contributed by atoms with Crippen molar-refractivity contribution in [2.75, 3.05) is 0 Å². The third-order valence-corrected chi connectivity index (χ3v) is 17.0. The van der Waals surface area contributed by atoms with Crippen LogP contribution in [0.4, 0.5) is 0 Å². The fourth-order valence-corrected chi connectivity index (χ4v) is 11.4. The lowest BCUT2D eigenvalue weighted by molar-refractivity contribution is 0.867. The van der Waals surface area contributed by atoms with Crippen LogP contribution in [0.15, 0.2) is 346 Å². The smallest absolute Gasteiger partial charge is 0.0149 e. The van der Waals surface area contributed by atoms with E-state index in [2.05, 4.69) is 403 Å².